The van der Waals surface area contributed by atoms with Gasteiger partial charge in [0.05, 0.1) is 0 Å². The molecule has 26 heavy (non-hydrogen) atoms. The quantitative estimate of drug-likeness (QED) is 0.898. The number of amides is 1. The fourth-order valence-electron chi connectivity index (χ4n) is 3.61. The van der Waals surface area contributed by atoms with E-state index in [1.54, 1.807) is 6.92 Å². The smallest absolute Gasteiger partial charge is 0.217 e. The zero-order chi connectivity index (χ0) is 18.7. The molecule has 2 heterocycles. The minimum Gasteiger partial charge on any atom is -0.363 e. The standard InChI is InChI=1S/C21H28N4O/c1-15-5-8-18(9-6-15)19-13-25(14-20(19)23-16(2)26)12-17-7-10-21(22-11-17)24(3)4/h5-11,19-20H,12-14H2,1-4H3,(H,23,26)/t19-,20+/m0/s1. The van der Waals surface area contributed by atoms with Gasteiger partial charge in [0.15, 0.2) is 0 Å². The first-order valence-corrected chi connectivity index (χ1v) is 9.10. The summed E-state index contributed by atoms with van der Waals surface area (Å²) in [5, 5.41) is 3.14. The molecule has 1 amide bonds. The van der Waals surface area contributed by atoms with Gasteiger partial charge in [-0.3, -0.25) is 9.69 Å². The van der Waals surface area contributed by atoms with Gasteiger partial charge in [-0.2, -0.15) is 0 Å². The third-order valence-electron chi connectivity index (χ3n) is 4.96. The molecule has 1 N–H and O–H groups in total. The van der Waals surface area contributed by atoms with E-state index in [0.717, 1.165) is 25.5 Å². The molecule has 0 bridgehead atoms. The highest BCUT2D eigenvalue weighted by molar-refractivity contribution is 5.73. The average Bonchev–Trinajstić information content (AvgIpc) is 2.97. The second-order valence-electron chi connectivity index (χ2n) is 7.44. The molecule has 0 spiro atoms. The van der Waals surface area contributed by atoms with Crippen molar-refractivity contribution < 1.29 is 4.79 Å². The van der Waals surface area contributed by atoms with Crippen LogP contribution in [0.15, 0.2) is 42.6 Å². The monoisotopic (exact) mass is 352 g/mol. The molecular formula is C21H28N4O. The van der Waals surface area contributed by atoms with Crippen molar-refractivity contribution in [1.29, 1.82) is 0 Å². The lowest BCUT2D eigenvalue weighted by Crippen LogP contribution is -2.38. The van der Waals surface area contributed by atoms with E-state index in [-0.39, 0.29) is 11.9 Å². The van der Waals surface area contributed by atoms with E-state index in [0.29, 0.717) is 5.92 Å². The van der Waals surface area contributed by atoms with Crippen LogP contribution < -0.4 is 10.2 Å². The lowest BCUT2D eigenvalue weighted by molar-refractivity contribution is -0.119. The Kier molecular flexibility index (Phi) is 5.57. The van der Waals surface area contributed by atoms with Gasteiger partial charge in [-0.15, -0.1) is 0 Å². The summed E-state index contributed by atoms with van der Waals surface area (Å²) in [5.41, 5.74) is 3.74. The molecule has 0 aliphatic carbocycles. The molecular weight excluding hydrogens is 324 g/mol. The number of likely N-dealkylation sites (tertiary alicyclic amines) is 1. The molecule has 1 aliphatic rings. The van der Waals surface area contributed by atoms with E-state index in [9.17, 15) is 4.79 Å². The van der Waals surface area contributed by atoms with Gasteiger partial charge in [0.1, 0.15) is 5.82 Å². The number of benzene rings is 1. The number of anilines is 1. The maximum absolute atomic E-state index is 11.7. The molecule has 0 unspecified atom stereocenters. The fraction of sp³-hybridized carbons (Fsp3) is 0.429. The molecule has 1 fully saturated rings. The van der Waals surface area contributed by atoms with Crippen LogP contribution in [0.4, 0.5) is 5.82 Å². The lowest BCUT2D eigenvalue weighted by Gasteiger charge is -2.19. The van der Waals surface area contributed by atoms with Crippen molar-refractivity contribution in [2.24, 2.45) is 0 Å². The molecule has 1 aromatic heterocycles. The molecule has 2 atom stereocenters. The number of carbonyl (C=O) groups excluding carboxylic acids is 1. The van der Waals surface area contributed by atoms with Crippen molar-refractivity contribution in [3.63, 3.8) is 0 Å². The third-order valence-corrected chi connectivity index (χ3v) is 4.96. The molecule has 3 rings (SSSR count). The van der Waals surface area contributed by atoms with Crippen LogP contribution in [-0.4, -0.2) is 49.0 Å². The lowest BCUT2D eigenvalue weighted by atomic mass is 9.93. The number of hydrogen-bond acceptors (Lipinski definition) is 4. The van der Waals surface area contributed by atoms with Gasteiger partial charge in [0.2, 0.25) is 5.91 Å². The Morgan fingerprint density at radius 3 is 2.50 bits per heavy atom. The maximum Gasteiger partial charge on any atom is 0.217 e. The maximum atomic E-state index is 11.7. The first-order chi connectivity index (χ1) is 12.4. The van der Waals surface area contributed by atoms with E-state index < -0.39 is 0 Å². The Bertz CT molecular complexity index is 740. The molecule has 0 saturated carbocycles. The van der Waals surface area contributed by atoms with Crippen LogP contribution in [0, 0.1) is 6.92 Å². The summed E-state index contributed by atoms with van der Waals surface area (Å²) in [6.07, 6.45) is 1.95. The first kappa shape index (κ1) is 18.4. The summed E-state index contributed by atoms with van der Waals surface area (Å²) in [7, 11) is 3.99. The Balaban J connectivity index is 1.73. The summed E-state index contributed by atoms with van der Waals surface area (Å²) in [5.74, 6) is 1.31. The van der Waals surface area contributed by atoms with Crippen LogP contribution >= 0.6 is 0 Å². The van der Waals surface area contributed by atoms with Crippen LogP contribution in [0.5, 0.6) is 0 Å². The number of aryl methyl sites for hydroxylation is 1. The minimum atomic E-state index is 0.0333. The van der Waals surface area contributed by atoms with Crippen LogP contribution in [0.2, 0.25) is 0 Å². The van der Waals surface area contributed by atoms with Gasteiger partial charge >= 0.3 is 0 Å². The van der Waals surface area contributed by atoms with E-state index in [2.05, 4.69) is 52.5 Å². The van der Waals surface area contributed by atoms with Crippen LogP contribution in [0.3, 0.4) is 0 Å². The van der Waals surface area contributed by atoms with Gasteiger partial charge in [-0.1, -0.05) is 35.9 Å². The topological polar surface area (TPSA) is 48.5 Å². The van der Waals surface area contributed by atoms with Crippen molar-refractivity contribution in [1.82, 2.24) is 15.2 Å². The Morgan fingerprint density at radius 2 is 1.92 bits per heavy atom. The molecule has 2 aromatic rings. The van der Waals surface area contributed by atoms with Crippen molar-refractivity contribution in [3.05, 3.63) is 59.3 Å². The van der Waals surface area contributed by atoms with Crippen LogP contribution in [0.25, 0.3) is 0 Å². The second kappa shape index (κ2) is 7.87. The predicted octanol–water partition coefficient (Wildman–Crippen LogP) is 2.56. The van der Waals surface area contributed by atoms with Crippen molar-refractivity contribution in [2.45, 2.75) is 32.4 Å². The Hall–Kier alpha value is -2.40. The number of aromatic nitrogens is 1. The number of carbonyl (C=O) groups is 1. The Labute approximate surface area is 156 Å². The molecule has 5 nitrogen and oxygen atoms in total. The van der Waals surface area contributed by atoms with Gasteiger partial charge in [-0.05, 0) is 24.1 Å². The molecule has 1 aliphatic heterocycles. The Morgan fingerprint density at radius 1 is 1.19 bits per heavy atom. The predicted molar refractivity (Wildman–Crippen MR) is 105 cm³/mol. The average molecular weight is 352 g/mol. The van der Waals surface area contributed by atoms with E-state index >= 15 is 0 Å². The normalized spacial score (nSPS) is 20.2. The van der Waals surface area contributed by atoms with Crippen molar-refractivity contribution in [3.8, 4) is 0 Å². The molecule has 1 aromatic carbocycles. The highest BCUT2D eigenvalue weighted by Gasteiger charge is 2.34. The summed E-state index contributed by atoms with van der Waals surface area (Å²) in [6, 6.07) is 13.0. The van der Waals surface area contributed by atoms with Crippen molar-refractivity contribution in [2.75, 3.05) is 32.1 Å². The number of nitrogens with zero attached hydrogens (tertiary/aromatic N) is 3. The van der Waals surface area contributed by atoms with Gasteiger partial charge in [0, 0.05) is 58.8 Å². The van der Waals surface area contributed by atoms with Crippen LogP contribution in [0.1, 0.15) is 29.5 Å². The number of hydrogen-bond donors (Lipinski definition) is 1. The number of rotatable bonds is 5. The van der Waals surface area contributed by atoms with E-state index in [4.69, 9.17) is 0 Å². The molecule has 5 heteroatoms. The summed E-state index contributed by atoms with van der Waals surface area (Å²) < 4.78 is 0. The minimum absolute atomic E-state index is 0.0333. The number of pyridine rings is 1. The molecule has 0 radical (unpaired) electrons. The zero-order valence-electron chi connectivity index (χ0n) is 16.1. The van der Waals surface area contributed by atoms with Gasteiger partial charge < -0.3 is 10.2 Å². The summed E-state index contributed by atoms with van der Waals surface area (Å²) in [4.78, 5) is 20.6. The second-order valence-corrected chi connectivity index (χ2v) is 7.44. The summed E-state index contributed by atoms with van der Waals surface area (Å²) >= 11 is 0. The SMILES string of the molecule is CC(=O)N[C@@H]1CN(Cc2ccc(N(C)C)nc2)C[C@H]1c1ccc(C)cc1. The van der Waals surface area contributed by atoms with Gasteiger partial charge in [0.25, 0.3) is 0 Å². The third kappa shape index (κ3) is 4.41. The van der Waals surface area contributed by atoms with Crippen LogP contribution in [-0.2, 0) is 11.3 Å². The highest BCUT2D eigenvalue weighted by atomic mass is 16.1. The molecule has 138 valence electrons. The largest absolute Gasteiger partial charge is 0.363 e. The first-order valence-electron chi connectivity index (χ1n) is 9.10. The highest BCUT2D eigenvalue weighted by Crippen LogP contribution is 2.29. The van der Waals surface area contributed by atoms with E-state index in [1.165, 1.54) is 16.7 Å². The summed E-state index contributed by atoms with van der Waals surface area (Å²) in [6.45, 7) is 6.33. The van der Waals surface area contributed by atoms with Crippen molar-refractivity contribution >= 4 is 11.7 Å². The zero-order valence-corrected chi connectivity index (χ0v) is 16.1. The molecule has 1 saturated heterocycles. The number of nitrogens with one attached hydrogen (secondary N) is 1. The fourth-order valence-corrected chi connectivity index (χ4v) is 3.61. The van der Waals surface area contributed by atoms with E-state index in [1.807, 2.05) is 31.3 Å². The van der Waals surface area contributed by atoms with Gasteiger partial charge in [-0.25, -0.2) is 4.98 Å².